The molecule has 62 heavy (non-hydrogen) atoms. The molecule has 5 unspecified atom stereocenters. The van der Waals surface area contributed by atoms with Gasteiger partial charge in [-0.2, -0.15) is 0 Å². The SMILES string of the molecule is CC1C=CC2=C(C1)C(C)(C)c1cc(-c3ccc4oc5cc6c(cc5c4c3)C3CC3c3ccc(-c4ccccc4-c4ccc5c(c4)C4C=CC=CC4c4ccccc4-5)cc3-6)ccc12. The molecule has 1 heteroatoms. The van der Waals surface area contributed by atoms with Gasteiger partial charge in [0.25, 0.3) is 0 Å². The van der Waals surface area contributed by atoms with E-state index in [1.54, 1.807) is 5.57 Å². The van der Waals surface area contributed by atoms with Gasteiger partial charge in [0.1, 0.15) is 11.2 Å². The van der Waals surface area contributed by atoms with Crippen LogP contribution < -0.4 is 0 Å². The van der Waals surface area contributed by atoms with Crippen LogP contribution in [0, 0.1) is 5.92 Å². The fourth-order valence-electron chi connectivity index (χ4n) is 12.5. The minimum absolute atomic E-state index is 0.0351. The van der Waals surface area contributed by atoms with Crippen molar-refractivity contribution in [2.75, 3.05) is 0 Å². The summed E-state index contributed by atoms with van der Waals surface area (Å²) in [6.07, 6.45) is 16.3. The number of fused-ring (bicyclic) bond motifs is 17. The van der Waals surface area contributed by atoms with Crippen molar-refractivity contribution in [2.24, 2.45) is 5.92 Å². The topological polar surface area (TPSA) is 13.1 Å². The molecule has 1 heterocycles. The summed E-state index contributed by atoms with van der Waals surface area (Å²) >= 11 is 0. The van der Waals surface area contributed by atoms with Gasteiger partial charge in [-0.25, -0.2) is 0 Å². The Morgan fingerprint density at radius 3 is 1.98 bits per heavy atom. The van der Waals surface area contributed by atoms with E-state index in [-0.39, 0.29) is 5.41 Å². The zero-order valence-corrected chi connectivity index (χ0v) is 35.4. The molecule has 0 spiro atoms. The maximum atomic E-state index is 6.73. The van der Waals surface area contributed by atoms with Crippen LogP contribution in [0.1, 0.15) is 90.7 Å². The third kappa shape index (κ3) is 4.85. The number of benzene rings is 7. The minimum Gasteiger partial charge on any atom is -0.456 e. The minimum atomic E-state index is 0.0351. The second kappa shape index (κ2) is 12.5. The van der Waals surface area contributed by atoms with Crippen LogP contribution in [-0.2, 0) is 5.41 Å². The Balaban J connectivity index is 0.847. The van der Waals surface area contributed by atoms with Crippen molar-refractivity contribution in [3.05, 3.63) is 209 Å². The quantitative estimate of drug-likeness (QED) is 0.174. The van der Waals surface area contributed by atoms with E-state index in [1.807, 2.05) is 0 Å². The molecule has 0 N–H and O–H groups in total. The van der Waals surface area contributed by atoms with Gasteiger partial charge in [0, 0.05) is 28.0 Å². The lowest BCUT2D eigenvalue weighted by Gasteiger charge is -2.34. The van der Waals surface area contributed by atoms with Gasteiger partial charge in [-0.05, 0) is 168 Å². The molecule has 1 nitrogen and oxygen atoms in total. The summed E-state index contributed by atoms with van der Waals surface area (Å²) in [4.78, 5) is 0. The van der Waals surface area contributed by atoms with E-state index >= 15 is 0 Å². The zero-order valence-electron chi connectivity index (χ0n) is 35.4. The predicted molar refractivity (Wildman–Crippen MR) is 258 cm³/mol. The standard InChI is InChI=1S/C61H46O/c1-34-16-21-47-48-24-17-36(30-58(48)61(2,3)57(47)26-34)35-20-25-59-55(27-35)56-32-53-52-31-51(52)46-23-19-38(29-50(46)54(53)33-60(56)62-59)40-11-5-4-10-39(40)37-18-22-45-43-14-7-6-12-41(43)42-13-8-9-15-44(42)49(45)28-37/h4-25,27-30,32-34,42,44,51-52H,26,31H2,1-3H3. The summed E-state index contributed by atoms with van der Waals surface area (Å²) in [5, 5.41) is 2.44. The van der Waals surface area contributed by atoms with E-state index in [2.05, 4.69) is 191 Å². The highest BCUT2D eigenvalue weighted by atomic mass is 16.3. The van der Waals surface area contributed by atoms with Gasteiger partial charge >= 0.3 is 0 Å². The zero-order chi connectivity index (χ0) is 41.0. The first-order valence-corrected chi connectivity index (χ1v) is 22.8. The van der Waals surface area contributed by atoms with Gasteiger partial charge in [-0.1, -0.05) is 154 Å². The molecule has 14 rings (SSSR count). The van der Waals surface area contributed by atoms with Crippen molar-refractivity contribution >= 4 is 27.5 Å². The summed E-state index contributed by atoms with van der Waals surface area (Å²) in [7, 11) is 0. The summed E-state index contributed by atoms with van der Waals surface area (Å²) in [5.74, 6) is 2.43. The van der Waals surface area contributed by atoms with Gasteiger partial charge in [0.15, 0.2) is 0 Å². The molecule has 296 valence electrons. The van der Waals surface area contributed by atoms with Crippen molar-refractivity contribution in [1.29, 1.82) is 0 Å². The molecule has 0 amide bonds. The largest absolute Gasteiger partial charge is 0.456 e. The molecule has 1 aromatic heterocycles. The van der Waals surface area contributed by atoms with E-state index in [0.29, 0.717) is 29.6 Å². The smallest absolute Gasteiger partial charge is 0.136 e. The van der Waals surface area contributed by atoms with E-state index < -0.39 is 0 Å². The molecular weight excluding hydrogens is 749 g/mol. The Kier molecular flexibility index (Phi) is 7.02. The van der Waals surface area contributed by atoms with Crippen molar-refractivity contribution in [3.8, 4) is 55.6 Å². The van der Waals surface area contributed by atoms with Crippen LogP contribution in [0.4, 0.5) is 0 Å². The predicted octanol–water partition coefficient (Wildman–Crippen LogP) is 16.5. The van der Waals surface area contributed by atoms with Crippen LogP contribution in [0.2, 0.25) is 0 Å². The molecule has 1 fully saturated rings. The van der Waals surface area contributed by atoms with E-state index in [4.69, 9.17) is 4.42 Å². The van der Waals surface area contributed by atoms with Crippen LogP contribution in [0.15, 0.2) is 180 Å². The lowest BCUT2D eigenvalue weighted by Crippen LogP contribution is -2.19. The lowest BCUT2D eigenvalue weighted by atomic mass is 9.69. The summed E-state index contributed by atoms with van der Waals surface area (Å²) in [6.45, 7) is 7.17. The molecule has 5 atom stereocenters. The van der Waals surface area contributed by atoms with Gasteiger partial charge < -0.3 is 4.42 Å². The highest BCUT2D eigenvalue weighted by Gasteiger charge is 2.46. The van der Waals surface area contributed by atoms with Crippen LogP contribution in [0.5, 0.6) is 0 Å². The van der Waals surface area contributed by atoms with E-state index in [1.165, 1.54) is 112 Å². The normalized spacial score (nSPS) is 22.7. The maximum Gasteiger partial charge on any atom is 0.136 e. The van der Waals surface area contributed by atoms with Crippen molar-refractivity contribution in [2.45, 2.75) is 62.7 Å². The fraction of sp³-hybridized carbons (Fsp3) is 0.180. The average molecular weight is 795 g/mol. The number of hydrogen-bond acceptors (Lipinski definition) is 1. The van der Waals surface area contributed by atoms with Crippen molar-refractivity contribution in [3.63, 3.8) is 0 Å². The number of furan rings is 1. The molecule has 0 radical (unpaired) electrons. The van der Waals surface area contributed by atoms with E-state index in [0.717, 1.165) is 17.6 Å². The third-order valence-electron chi connectivity index (χ3n) is 15.8. The molecular formula is C61H46O. The average Bonchev–Trinajstić information content (AvgIpc) is 4.00. The Hall–Kier alpha value is -6.70. The van der Waals surface area contributed by atoms with Crippen LogP contribution >= 0.6 is 0 Å². The van der Waals surface area contributed by atoms with Gasteiger partial charge in [-0.15, -0.1) is 0 Å². The third-order valence-corrected chi connectivity index (χ3v) is 15.8. The number of rotatable bonds is 3. The molecule has 0 bridgehead atoms. The fourth-order valence-corrected chi connectivity index (χ4v) is 12.5. The lowest BCUT2D eigenvalue weighted by molar-refractivity contribution is 0.566. The molecule has 0 saturated heterocycles. The first-order chi connectivity index (χ1) is 30.4. The second-order valence-corrected chi connectivity index (χ2v) is 19.6. The monoisotopic (exact) mass is 794 g/mol. The first kappa shape index (κ1) is 35.0. The van der Waals surface area contributed by atoms with Crippen molar-refractivity contribution < 1.29 is 4.42 Å². The van der Waals surface area contributed by atoms with Gasteiger partial charge in [0.2, 0.25) is 0 Å². The number of hydrogen-bond donors (Lipinski definition) is 0. The highest BCUT2D eigenvalue weighted by molar-refractivity contribution is 6.08. The summed E-state index contributed by atoms with van der Waals surface area (Å²) < 4.78 is 6.73. The molecule has 1 saturated carbocycles. The maximum absolute atomic E-state index is 6.73. The molecule has 7 aromatic carbocycles. The van der Waals surface area contributed by atoms with Crippen molar-refractivity contribution in [1.82, 2.24) is 0 Å². The van der Waals surface area contributed by atoms with Gasteiger partial charge in [-0.3, -0.25) is 0 Å². The Morgan fingerprint density at radius 2 is 1.13 bits per heavy atom. The van der Waals surface area contributed by atoms with Crippen LogP contribution in [-0.4, -0.2) is 0 Å². The Labute approximate surface area is 363 Å². The number of allylic oxidation sites excluding steroid dienone is 8. The highest BCUT2D eigenvalue weighted by Crippen LogP contribution is 2.63. The van der Waals surface area contributed by atoms with Gasteiger partial charge in [0.05, 0.1) is 0 Å². The van der Waals surface area contributed by atoms with Crippen LogP contribution in [0.3, 0.4) is 0 Å². The molecule has 6 aliphatic rings. The summed E-state index contributed by atoms with van der Waals surface area (Å²) in [5.41, 5.74) is 26.7. The summed E-state index contributed by atoms with van der Waals surface area (Å²) in [6, 6.07) is 51.3. The first-order valence-electron chi connectivity index (χ1n) is 22.8. The van der Waals surface area contributed by atoms with Crippen LogP contribution in [0.25, 0.3) is 83.1 Å². The Morgan fingerprint density at radius 1 is 0.484 bits per heavy atom. The Bertz CT molecular complexity index is 3430. The molecule has 0 aliphatic heterocycles. The van der Waals surface area contributed by atoms with E-state index in [9.17, 15) is 0 Å². The molecule has 6 aliphatic carbocycles. The molecule has 8 aromatic rings. The second-order valence-electron chi connectivity index (χ2n) is 19.6.